The predicted molar refractivity (Wildman–Crippen MR) is 78.8 cm³/mol. The summed E-state index contributed by atoms with van der Waals surface area (Å²) in [6.45, 7) is 2.48. The minimum Gasteiger partial charge on any atom is -0.387 e. The third-order valence-corrected chi connectivity index (χ3v) is 3.81. The van der Waals surface area contributed by atoms with Crippen LogP contribution in [0.2, 0.25) is 5.15 Å². The van der Waals surface area contributed by atoms with Crippen molar-refractivity contribution in [2.45, 2.75) is 25.9 Å². The molecule has 19 heavy (non-hydrogen) atoms. The molecule has 0 aliphatic carbocycles. The lowest BCUT2D eigenvalue weighted by molar-refractivity contribution is 0.192. The van der Waals surface area contributed by atoms with Crippen molar-refractivity contribution >= 4 is 28.8 Å². The van der Waals surface area contributed by atoms with E-state index < -0.39 is 6.10 Å². The normalized spacial score (nSPS) is 12.4. The molecular formula is C13H16ClN3OS. The largest absolute Gasteiger partial charge is 0.387 e. The van der Waals surface area contributed by atoms with Crippen LogP contribution in [0.1, 0.15) is 30.6 Å². The Balaban J connectivity index is 2.05. The van der Waals surface area contributed by atoms with Gasteiger partial charge in [0.25, 0.3) is 0 Å². The van der Waals surface area contributed by atoms with Crippen molar-refractivity contribution in [1.29, 1.82) is 0 Å². The molecule has 0 radical (unpaired) electrons. The Bertz CT molecular complexity index is 519. The van der Waals surface area contributed by atoms with E-state index in [9.17, 15) is 5.11 Å². The number of anilines is 1. The third kappa shape index (κ3) is 3.65. The van der Waals surface area contributed by atoms with Gasteiger partial charge in [0.15, 0.2) is 0 Å². The van der Waals surface area contributed by atoms with Crippen LogP contribution in [-0.4, -0.2) is 21.6 Å². The maximum atomic E-state index is 10.0. The molecule has 0 spiro atoms. The van der Waals surface area contributed by atoms with E-state index in [-0.39, 0.29) is 0 Å². The van der Waals surface area contributed by atoms with Crippen molar-refractivity contribution in [2.24, 2.45) is 0 Å². The summed E-state index contributed by atoms with van der Waals surface area (Å²) in [5.41, 5.74) is 1.82. The van der Waals surface area contributed by atoms with Crippen molar-refractivity contribution in [3.63, 3.8) is 0 Å². The number of aliphatic hydroxyl groups is 1. The van der Waals surface area contributed by atoms with Gasteiger partial charge in [-0.25, -0.2) is 9.97 Å². The summed E-state index contributed by atoms with van der Waals surface area (Å²) < 4.78 is 0. The molecule has 2 rings (SSSR count). The number of thiophene rings is 1. The SMILES string of the molecule is CCCc1c(Cl)ncnc1NCC(O)c1ccsc1. The molecule has 1 unspecified atom stereocenters. The Morgan fingerprint density at radius 1 is 1.47 bits per heavy atom. The Hall–Kier alpha value is -1.17. The molecule has 0 aliphatic heterocycles. The first-order valence-electron chi connectivity index (χ1n) is 6.15. The molecule has 2 heterocycles. The molecule has 0 aromatic carbocycles. The average molecular weight is 298 g/mol. The first-order chi connectivity index (χ1) is 9.22. The van der Waals surface area contributed by atoms with Gasteiger partial charge in [0, 0.05) is 12.1 Å². The number of hydrogen-bond acceptors (Lipinski definition) is 5. The number of hydrogen-bond donors (Lipinski definition) is 2. The molecule has 0 bridgehead atoms. The Morgan fingerprint density at radius 3 is 3.00 bits per heavy atom. The highest BCUT2D eigenvalue weighted by molar-refractivity contribution is 7.07. The fraction of sp³-hybridized carbons (Fsp3) is 0.385. The van der Waals surface area contributed by atoms with E-state index in [1.807, 2.05) is 16.8 Å². The molecule has 2 aromatic rings. The van der Waals surface area contributed by atoms with Gasteiger partial charge in [-0.1, -0.05) is 24.9 Å². The van der Waals surface area contributed by atoms with Crippen molar-refractivity contribution in [3.05, 3.63) is 39.4 Å². The van der Waals surface area contributed by atoms with Crippen molar-refractivity contribution in [3.8, 4) is 0 Å². The molecule has 0 fully saturated rings. The zero-order chi connectivity index (χ0) is 13.7. The number of rotatable bonds is 6. The number of nitrogens with one attached hydrogen (secondary N) is 1. The van der Waals surface area contributed by atoms with Gasteiger partial charge in [-0.2, -0.15) is 11.3 Å². The van der Waals surface area contributed by atoms with E-state index in [4.69, 9.17) is 11.6 Å². The number of nitrogens with zero attached hydrogens (tertiary/aromatic N) is 2. The molecule has 1 atom stereocenters. The van der Waals surface area contributed by atoms with Gasteiger partial charge in [0.2, 0.25) is 0 Å². The van der Waals surface area contributed by atoms with Crippen molar-refractivity contribution in [2.75, 3.05) is 11.9 Å². The molecule has 0 aliphatic rings. The molecule has 102 valence electrons. The summed E-state index contributed by atoms with van der Waals surface area (Å²) in [5, 5.41) is 17.5. The monoisotopic (exact) mass is 297 g/mol. The van der Waals surface area contributed by atoms with Crippen LogP contribution in [0.25, 0.3) is 0 Å². The highest BCUT2D eigenvalue weighted by Crippen LogP contribution is 2.23. The highest BCUT2D eigenvalue weighted by atomic mass is 35.5. The maximum Gasteiger partial charge on any atom is 0.137 e. The first kappa shape index (κ1) is 14.2. The summed E-state index contributed by atoms with van der Waals surface area (Å²) in [6, 6.07) is 1.91. The lowest BCUT2D eigenvalue weighted by Crippen LogP contribution is -2.14. The quantitative estimate of drug-likeness (QED) is 0.803. The number of aromatic nitrogens is 2. The zero-order valence-corrected chi connectivity index (χ0v) is 12.2. The second-order valence-corrected chi connectivity index (χ2v) is 5.33. The second kappa shape index (κ2) is 6.84. The lowest BCUT2D eigenvalue weighted by atomic mass is 10.1. The van der Waals surface area contributed by atoms with Gasteiger partial charge in [0.05, 0.1) is 6.10 Å². The molecule has 4 nitrogen and oxygen atoms in total. The van der Waals surface area contributed by atoms with E-state index in [2.05, 4.69) is 22.2 Å². The topological polar surface area (TPSA) is 58.0 Å². The van der Waals surface area contributed by atoms with E-state index in [0.29, 0.717) is 17.5 Å². The van der Waals surface area contributed by atoms with Crippen LogP contribution < -0.4 is 5.32 Å². The zero-order valence-electron chi connectivity index (χ0n) is 10.6. The Labute approximate surface area is 121 Å². The van der Waals surface area contributed by atoms with E-state index in [0.717, 1.165) is 24.0 Å². The van der Waals surface area contributed by atoms with Crippen LogP contribution in [0.15, 0.2) is 23.2 Å². The fourth-order valence-electron chi connectivity index (χ4n) is 1.79. The molecule has 0 amide bonds. The molecule has 2 N–H and O–H groups in total. The van der Waals surface area contributed by atoms with Gasteiger partial charge >= 0.3 is 0 Å². The van der Waals surface area contributed by atoms with Crippen LogP contribution in [0.3, 0.4) is 0 Å². The van der Waals surface area contributed by atoms with Gasteiger partial charge in [-0.15, -0.1) is 0 Å². The molecule has 2 aromatic heterocycles. The van der Waals surface area contributed by atoms with Crippen LogP contribution >= 0.6 is 22.9 Å². The Kier molecular flexibility index (Phi) is 5.13. The van der Waals surface area contributed by atoms with Gasteiger partial charge in [-0.05, 0) is 28.8 Å². The molecule has 0 saturated carbocycles. The van der Waals surface area contributed by atoms with Crippen LogP contribution in [0.4, 0.5) is 5.82 Å². The summed E-state index contributed by atoms with van der Waals surface area (Å²) in [4.78, 5) is 8.19. The number of halogens is 1. The summed E-state index contributed by atoms with van der Waals surface area (Å²) in [6.07, 6.45) is 2.67. The second-order valence-electron chi connectivity index (χ2n) is 4.20. The Morgan fingerprint density at radius 2 is 2.32 bits per heavy atom. The van der Waals surface area contributed by atoms with Crippen LogP contribution in [0, 0.1) is 0 Å². The molecular weight excluding hydrogens is 282 g/mol. The predicted octanol–water partition coefficient (Wildman–Crippen LogP) is 3.29. The molecule has 0 saturated heterocycles. The van der Waals surface area contributed by atoms with Crippen LogP contribution in [0.5, 0.6) is 0 Å². The fourth-order valence-corrected chi connectivity index (χ4v) is 2.73. The minimum atomic E-state index is -0.547. The minimum absolute atomic E-state index is 0.404. The smallest absolute Gasteiger partial charge is 0.137 e. The van der Waals surface area contributed by atoms with Crippen molar-refractivity contribution < 1.29 is 5.11 Å². The van der Waals surface area contributed by atoms with Gasteiger partial charge < -0.3 is 10.4 Å². The molecule has 6 heteroatoms. The van der Waals surface area contributed by atoms with E-state index in [1.165, 1.54) is 6.33 Å². The summed E-state index contributed by atoms with van der Waals surface area (Å²) in [5.74, 6) is 0.705. The lowest BCUT2D eigenvalue weighted by Gasteiger charge is -2.14. The summed E-state index contributed by atoms with van der Waals surface area (Å²) in [7, 11) is 0. The van der Waals surface area contributed by atoms with E-state index in [1.54, 1.807) is 11.3 Å². The standard InChI is InChI=1S/C13H16ClN3OS/c1-2-3-10-12(14)16-8-17-13(10)15-6-11(18)9-4-5-19-7-9/h4-5,7-8,11,18H,2-3,6H2,1H3,(H,15,16,17). The van der Waals surface area contributed by atoms with E-state index >= 15 is 0 Å². The number of aliphatic hydroxyl groups excluding tert-OH is 1. The third-order valence-electron chi connectivity index (χ3n) is 2.78. The highest BCUT2D eigenvalue weighted by Gasteiger charge is 2.12. The maximum absolute atomic E-state index is 10.0. The van der Waals surface area contributed by atoms with Crippen LogP contribution in [-0.2, 0) is 6.42 Å². The average Bonchev–Trinajstić information content (AvgIpc) is 2.93. The first-order valence-corrected chi connectivity index (χ1v) is 7.47. The van der Waals surface area contributed by atoms with Gasteiger partial charge in [-0.3, -0.25) is 0 Å². The van der Waals surface area contributed by atoms with Gasteiger partial charge in [0.1, 0.15) is 17.3 Å². The summed E-state index contributed by atoms with van der Waals surface area (Å²) >= 11 is 7.64. The van der Waals surface area contributed by atoms with Crippen molar-refractivity contribution in [1.82, 2.24) is 9.97 Å².